The summed E-state index contributed by atoms with van der Waals surface area (Å²) < 4.78 is 0. The van der Waals surface area contributed by atoms with Gasteiger partial charge in [-0.3, -0.25) is 0 Å². The lowest BCUT2D eigenvalue weighted by Gasteiger charge is -2.21. The minimum absolute atomic E-state index is 0.320. The van der Waals surface area contributed by atoms with Crippen LogP contribution in [0.5, 0.6) is 0 Å². The third-order valence-corrected chi connectivity index (χ3v) is 4.27. The van der Waals surface area contributed by atoms with E-state index in [1.54, 1.807) is 0 Å². The minimum Gasteiger partial charge on any atom is -0.368 e. The molecule has 98 valence electrons. The molecule has 0 spiro atoms. The standard InChI is InChI=1S/C14H22N4/c1-10-17-12-6-4-3-5-11(12)13(18-10)16-9-14(15-2)7-8-14/h15H,3-9H2,1-2H3,(H,16,17,18). The van der Waals surface area contributed by atoms with Crippen molar-refractivity contribution in [1.29, 1.82) is 0 Å². The van der Waals surface area contributed by atoms with Crippen molar-refractivity contribution in [2.24, 2.45) is 0 Å². The number of aromatic nitrogens is 2. The Bertz CT molecular complexity index is 451. The van der Waals surface area contributed by atoms with Gasteiger partial charge >= 0.3 is 0 Å². The number of hydrogen-bond donors (Lipinski definition) is 2. The van der Waals surface area contributed by atoms with Gasteiger partial charge in [-0.05, 0) is 52.5 Å². The Hall–Kier alpha value is -1.16. The van der Waals surface area contributed by atoms with E-state index in [0.717, 1.165) is 31.0 Å². The Balaban J connectivity index is 1.80. The quantitative estimate of drug-likeness (QED) is 0.851. The summed E-state index contributed by atoms with van der Waals surface area (Å²) in [6.45, 7) is 2.97. The number of anilines is 1. The Morgan fingerprint density at radius 2 is 1.94 bits per heavy atom. The third kappa shape index (κ3) is 2.21. The summed E-state index contributed by atoms with van der Waals surface area (Å²) in [6.07, 6.45) is 7.31. The van der Waals surface area contributed by atoms with Crippen molar-refractivity contribution >= 4 is 5.82 Å². The average Bonchev–Trinajstić information content (AvgIpc) is 3.16. The zero-order valence-corrected chi connectivity index (χ0v) is 11.3. The predicted molar refractivity (Wildman–Crippen MR) is 72.9 cm³/mol. The predicted octanol–water partition coefficient (Wildman–Crippen LogP) is 1.83. The smallest absolute Gasteiger partial charge is 0.133 e. The molecule has 3 rings (SSSR count). The summed E-state index contributed by atoms with van der Waals surface area (Å²) in [4.78, 5) is 9.19. The van der Waals surface area contributed by atoms with Gasteiger partial charge in [0.15, 0.2) is 0 Å². The van der Waals surface area contributed by atoms with Gasteiger partial charge in [-0.25, -0.2) is 9.97 Å². The molecule has 0 saturated heterocycles. The van der Waals surface area contributed by atoms with Crippen molar-refractivity contribution < 1.29 is 0 Å². The lowest BCUT2D eigenvalue weighted by Crippen LogP contribution is -2.35. The van der Waals surface area contributed by atoms with E-state index in [9.17, 15) is 0 Å². The molecule has 4 nitrogen and oxygen atoms in total. The minimum atomic E-state index is 0.320. The molecule has 1 heterocycles. The van der Waals surface area contributed by atoms with Crippen LogP contribution < -0.4 is 10.6 Å². The summed E-state index contributed by atoms with van der Waals surface area (Å²) in [7, 11) is 2.05. The van der Waals surface area contributed by atoms with Crippen LogP contribution in [0.3, 0.4) is 0 Å². The van der Waals surface area contributed by atoms with E-state index in [4.69, 9.17) is 0 Å². The molecule has 1 fully saturated rings. The second-order valence-electron chi connectivity index (χ2n) is 5.64. The third-order valence-electron chi connectivity index (χ3n) is 4.27. The van der Waals surface area contributed by atoms with Gasteiger partial charge in [0.05, 0.1) is 0 Å². The van der Waals surface area contributed by atoms with E-state index in [-0.39, 0.29) is 0 Å². The van der Waals surface area contributed by atoms with Crippen molar-refractivity contribution in [1.82, 2.24) is 15.3 Å². The largest absolute Gasteiger partial charge is 0.368 e. The number of aryl methyl sites for hydroxylation is 2. The van der Waals surface area contributed by atoms with E-state index in [0.29, 0.717) is 5.54 Å². The van der Waals surface area contributed by atoms with Crippen molar-refractivity contribution in [2.75, 3.05) is 18.9 Å². The van der Waals surface area contributed by atoms with Crippen LogP contribution >= 0.6 is 0 Å². The van der Waals surface area contributed by atoms with Crippen LogP contribution in [0.2, 0.25) is 0 Å². The van der Waals surface area contributed by atoms with E-state index in [1.165, 1.54) is 36.9 Å². The highest BCUT2D eigenvalue weighted by atomic mass is 15.1. The van der Waals surface area contributed by atoms with Gasteiger partial charge in [-0.1, -0.05) is 0 Å². The highest BCUT2D eigenvalue weighted by molar-refractivity contribution is 5.48. The maximum atomic E-state index is 4.60. The van der Waals surface area contributed by atoms with Crippen LogP contribution in [0.4, 0.5) is 5.82 Å². The molecule has 0 bridgehead atoms. The molecule has 1 aromatic rings. The molecule has 4 heteroatoms. The molecule has 1 aromatic heterocycles. The highest BCUT2D eigenvalue weighted by Crippen LogP contribution is 2.35. The van der Waals surface area contributed by atoms with Gasteiger partial charge in [0, 0.05) is 23.3 Å². The fraction of sp³-hybridized carbons (Fsp3) is 0.714. The maximum Gasteiger partial charge on any atom is 0.133 e. The van der Waals surface area contributed by atoms with Gasteiger partial charge in [0.1, 0.15) is 11.6 Å². The number of hydrogen-bond acceptors (Lipinski definition) is 4. The molecule has 0 aliphatic heterocycles. The summed E-state index contributed by atoms with van der Waals surface area (Å²) in [6, 6.07) is 0. The topological polar surface area (TPSA) is 49.8 Å². The van der Waals surface area contributed by atoms with Crippen molar-refractivity contribution in [2.45, 2.75) is 51.0 Å². The zero-order chi connectivity index (χ0) is 12.6. The normalized spacial score (nSPS) is 20.3. The number of rotatable bonds is 4. The molecule has 0 unspecified atom stereocenters. The molecule has 18 heavy (non-hydrogen) atoms. The highest BCUT2D eigenvalue weighted by Gasteiger charge is 2.40. The molecule has 1 saturated carbocycles. The molecule has 2 aliphatic carbocycles. The second-order valence-corrected chi connectivity index (χ2v) is 5.64. The van der Waals surface area contributed by atoms with Gasteiger partial charge in [0.25, 0.3) is 0 Å². The van der Waals surface area contributed by atoms with E-state index in [2.05, 4.69) is 27.6 Å². The first-order valence-electron chi connectivity index (χ1n) is 7.02. The molecular weight excluding hydrogens is 224 g/mol. The van der Waals surface area contributed by atoms with Crippen molar-refractivity contribution in [3.63, 3.8) is 0 Å². The first-order chi connectivity index (χ1) is 8.72. The number of nitrogens with one attached hydrogen (secondary N) is 2. The summed E-state index contributed by atoms with van der Waals surface area (Å²) in [5.74, 6) is 1.98. The SMILES string of the molecule is CNC1(CNc2nc(C)nc3c2CCCC3)CC1. The van der Waals surface area contributed by atoms with Crippen molar-refractivity contribution in [3.05, 3.63) is 17.1 Å². The second kappa shape index (κ2) is 4.50. The van der Waals surface area contributed by atoms with Crippen LogP contribution in [0.25, 0.3) is 0 Å². The number of likely N-dealkylation sites (N-methyl/N-ethyl adjacent to an activating group) is 1. The number of nitrogens with zero attached hydrogens (tertiary/aromatic N) is 2. The molecule has 0 amide bonds. The van der Waals surface area contributed by atoms with Crippen molar-refractivity contribution in [3.8, 4) is 0 Å². The van der Waals surface area contributed by atoms with Gasteiger partial charge in [-0.2, -0.15) is 0 Å². The first-order valence-corrected chi connectivity index (χ1v) is 7.02. The van der Waals surface area contributed by atoms with Crippen LogP contribution in [-0.2, 0) is 12.8 Å². The zero-order valence-electron chi connectivity index (χ0n) is 11.3. The fourth-order valence-corrected chi connectivity index (χ4v) is 2.78. The Morgan fingerprint density at radius 1 is 1.17 bits per heavy atom. The molecule has 0 radical (unpaired) electrons. The molecule has 2 N–H and O–H groups in total. The van der Waals surface area contributed by atoms with Crippen LogP contribution in [0.15, 0.2) is 0 Å². The van der Waals surface area contributed by atoms with Gasteiger partial charge in [0.2, 0.25) is 0 Å². The lowest BCUT2D eigenvalue weighted by molar-refractivity contribution is 0.575. The molecule has 2 aliphatic rings. The fourth-order valence-electron chi connectivity index (χ4n) is 2.78. The van der Waals surface area contributed by atoms with Gasteiger partial charge < -0.3 is 10.6 Å². The Kier molecular flexibility index (Phi) is 2.98. The van der Waals surface area contributed by atoms with Crippen LogP contribution in [0, 0.1) is 6.92 Å². The van der Waals surface area contributed by atoms with E-state index in [1.807, 2.05) is 6.92 Å². The molecule has 0 aromatic carbocycles. The van der Waals surface area contributed by atoms with Crippen LogP contribution in [0.1, 0.15) is 42.8 Å². The van der Waals surface area contributed by atoms with Crippen LogP contribution in [-0.4, -0.2) is 29.1 Å². The van der Waals surface area contributed by atoms with Gasteiger partial charge in [-0.15, -0.1) is 0 Å². The number of fused-ring (bicyclic) bond motifs is 1. The molecule has 0 atom stereocenters. The summed E-state index contributed by atoms with van der Waals surface area (Å²) in [5, 5.41) is 6.97. The first kappa shape index (κ1) is 11.9. The average molecular weight is 246 g/mol. The Labute approximate surface area is 109 Å². The maximum absolute atomic E-state index is 4.60. The lowest BCUT2D eigenvalue weighted by atomic mass is 9.96. The monoisotopic (exact) mass is 246 g/mol. The van der Waals surface area contributed by atoms with E-state index < -0.39 is 0 Å². The molecular formula is C14H22N4. The Morgan fingerprint density at radius 3 is 2.67 bits per heavy atom. The summed E-state index contributed by atoms with van der Waals surface area (Å²) in [5.41, 5.74) is 2.95. The van der Waals surface area contributed by atoms with E-state index >= 15 is 0 Å². The summed E-state index contributed by atoms with van der Waals surface area (Å²) >= 11 is 0.